The van der Waals surface area contributed by atoms with Gasteiger partial charge in [0, 0.05) is 0 Å². The summed E-state index contributed by atoms with van der Waals surface area (Å²) in [5, 5.41) is 16.9. The molecule has 0 spiro atoms. The van der Waals surface area contributed by atoms with Crippen molar-refractivity contribution in [1.82, 2.24) is 0 Å². The lowest BCUT2D eigenvalue weighted by Crippen LogP contribution is -2.14. The summed E-state index contributed by atoms with van der Waals surface area (Å²) in [6, 6.07) is 9.76. The van der Waals surface area contributed by atoms with Gasteiger partial charge in [0.1, 0.15) is 0 Å². The number of amides is 1. The third kappa shape index (κ3) is 3.90. The first-order chi connectivity index (χ1) is 10.1. The minimum Gasteiger partial charge on any atom is -0.478 e. The van der Waals surface area contributed by atoms with Crippen LogP contribution < -0.4 is 5.32 Å². The van der Waals surface area contributed by atoms with E-state index in [4.69, 9.17) is 9.94 Å². The van der Waals surface area contributed by atoms with Crippen LogP contribution in [0.15, 0.2) is 46.9 Å². The number of carbonyl (C=O) groups is 2. The van der Waals surface area contributed by atoms with Crippen LogP contribution in [0, 0.1) is 0 Å². The zero-order valence-corrected chi connectivity index (χ0v) is 11.9. The number of anilines is 1. The van der Waals surface area contributed by atoms with Crippen LogP contribution in [0.25, 0.3) is 0 Å². The fourth-order valence-electron chi connectivity index (χ4n) is 1.55. The molecule has 7 heteroatoms. The average Bonchev–Trinajstić information content (AvgIpc) is 2.99. The Bertz CT molecular complexity index is 680. The van der Waals surface area contributed by atoms with Crippen LogP contribution in [0.1, 0.15) is 22.2 Å². The molecule has 0 aliphatic heterocycles. The average molecular weight is 304 g/mol. The number of nitrogens with one attached hydrogen (secondary N) is 1. The van der Waals surface area contributed by atoms with Crippen LogP contribution in [0.3, 0.4) is 0 Å². The molecule has 0 fully saturated rings. The molecule has 0 unspecified atom stereocenters. The van der Waals surface area contributed by atoms with E-state index in [1.807, 2.05) is 17.5 Å². The smallest absolute Gasteiger partial charge is 0.437 e. The first-order valence-corrected chi connectivity index (χ1v) is 6.84. The lowest BCUT2D eigenvalue weighted by Gasteiger charge is -2.06. The molecule has 1 amide bonds. The van der Waals surface area contributed by atoms with Gasteiger partial charge in [0.15, 0.2) is 0 Å². The fourth-order valence-corrected chi connectivity index (χ4v) is 2.22. The van der Waals surface area contributed by atoms with Crippen LogP contribution in [0.2, 0.25) is 0 Å². The van der Waals surface area contributed by atoms with Gasteiger partial charge in [-0.1, -0.05) is 23.4 Å². The van der Waals surface area contributed by atoms with Crippen molar-refractivity contribution >= 4 is 34.8 Å². The largest absolute Gasteiger partial charge is 0.478 e. The molecule has 0 saturated heterocycles. The molecule has 0 radical (unpaired) electrons. The molecule has 2 N–H and O–H groups in total. The van der Waals surface area contributed by atoms with Crippen molar-refractivity contribution in [3.63, 3.8) is 0 Å². The first kappa shape index (κ1) is 14.7. The van der Waals surface area contributed by atoms with Crippen molar-refractivity contribution in [2.24, 2.45) is 5.16 Å². The summed E-state index contributed by atoms with van der Waals surface area (Å²) in [7, 11) is 0. The van der Waals surface area contributed by atoms with Gasteiger partial charge in [0.05, 0.1) is 21.8 Å². The zero-order chi connectivity index (χ0) is 15.2. The Hall–Kier alpha value is -2.67. The van der Waals surface area contributed by atoms with Crippen LogP contribution in [-0.4, -0.2) is 22.9 Å². The van der Waals surface area contributed by atoms with E-state index < -0.39 is 12.1 Å². The van der Waals surface area contributed by atoms with Crippen molar-refractivity contribution in [1.29, 1.82) is 0 Å². The SMILES string of the molecule is CC(=NOC(=O)Nc1ccccc1C(=O)O)c1cccs1. The van der Waals surface area contributed by atoms with Gasteiger partial charge in [-0.05, 0) is 30.5 Å². The zero-order valence-electron chi connectivity index (χ0n) is 11.1. The molecule has 21 heavy (non-hydrogen) atoms. The molecule has 1 aromatic carbocycles. The van der Waals surface area contributed by atoms with Gasteiger partial charge in [-0.15, -0.1) is 11.3 Å². The molecular weight excluding hydrogens is 292 g/mol. The van der Waals surface area contributed by atoms with E-state index in [2.05, 4.69) is 10.5 Å². The lowest BCUT2D eigenvalue weighted by molar-refractivity contribution is 0.0698. The molecule has 0 saturated carbocycles. The maximum absolute atomic E-state index is 11.6. The van der Waals surface area contributed by atoms with Crippen molar-refractivity contribution < 1.29 is 19.5 Å². The molecule has 2 rings (SSSR count). The summed E-state index contributed by atoms with van der Waals surface area (Å²) in [5.74, 6) is -1.14. The molecule has 0 bridgehead atoms. The number of aromatic carboxylic acids is 1. The van der Waals surface area contributed by atoms with Gasteiger partial charge in [-0.25, -0.2) is 9.59 Å². The number of nitrogens with zero attached hydrogens (tertiary/aromatic N) is 1. The number of benzene rings is 1. The number of carboxylic acid groups (broad SMARTS) is 1. The van der Waals surface area contributed by atoms with Gasteiger partial charge < -0.3 is 5.11 Å². The van der Waals surface area contributed by atoms with Crippen LogP contribution in [-0.2, 0) is 4.84 Å². The number of carboxylic acids is 1. The molecule has 0 aliphatic carbocycles. The minimum absolute atomic E-state index is 0.0200. The fraction of sp³-hybridized carbons (Fsp3) is 0.0714. The first-order valence-electron chi connectivity index (χ1n) is 5.96. The topological polar surface area (TPSA) is 88.0 Å². The van der Waals surface area contributed by atoms with Crippen molar-refractivity contribution in [2.75, 3.05) is 5.32 Å². The lowest BCUT2D eigenvalue weighted by atomic mass is 10.2. The summed E-state index contributed by atoms with van der Waals surface area (Å²) >= 11 is 1.47. The van der Waals surface area contributed by atoms with Crippen LogP contribution in [0.4, 0.5) is 10.5 Å². The summed E-state index contributed by atoms with van der Waals surface area (Å²) in [6.45, 7) is 1.71. The highest BCUT2D eigenvalue weighted by atomic mass is 32.1. The number of carbonyl (C=O) groups excluding carboxylic acids is 1. The maximum Gasteiger partial charge on any atom is 0.437 e. The molecular formula is C14H12N2O4S. The number of hydrogen-bond donors (Lipinski definition) is 2. The number of oxime groups is 1. The Balaban J connectivity index is 2.03. The monoisotopic (exact) mass is 304 g/mol. The van der Waals surface area contributed by atoms with Gasteiger partial charge >= 0.3 is 12.1 Å². The summed E-state index contributed by atoms with van der Waals surface area (Å²) in [4.78, 5) is 28.2. The minimum atomic E-state index is -1.14. The molecule has 2 aromatic rings. The summed E-state index contributed by atoms with van der Waals surface area (Å²) in [5.41, 5.74) is 0.694. The number of para-hydroxylation sites is 1. The van der Waals surface area contributed by atoms with Crippen LogP contribution in [0.5, 0.6) is 0 Å². The number of thiophene rings is 1. The van der Waals surface area contributed by atoms with Gasteiger partial charge in [-0.3, -0.25) is 10.2 Å². The van der Waals surface area contributed by atoms with E-state index in [1.54, 1.807) is 19.1 Å². The van der Waals surface area contributed by atoms with Gasteiger partial charge in [-0.2, -0.15) is 0 Å². The predicted molar refractivity (Wildman–Crippen MR) is 80.0 cm³/mol. The molecule has 0 aliphatic rings. The van der Waals surface area contributed by atoms with Crippen molar-refractivity contribution in [3.8, 4) is 0 Å². The Morgan fingerprint density at radius 2 is 2.00 bits per heavy atom. The quantitative estimate of drug-likeness (QED) is 0.514. The number of hydrogen-bond acceptors (Lipinski definition) is 5. The Morgan fingerprint density at radius 1 is 1.24 bits per heavy atom. The Labute approximate surface area is 124 Å². The van der Waals surface area contributed by atoms with Crippen molar-refractivity contribution in [3.05, 3.63) is 52.2 Å². The molecule has 1 aromatic heterocycles. The Kier molecular flexibility index (Phi) is 4.68. The highest BCUT2D eigenvalue weighted by Crippen LogP contribution is 2.15. The van der Waals surface area contributed by atoms with E-state index >= 15 is 0 Å². The summed E-state index contributed by atoms with van der Waals surface area (Å²) in [6.07, 6.45) is -0.848. The van der Waals surface area contributed by atoms with E-state index in [0.29, 0.717) is 5.71 Å². The summed E-state index contributed by atoms with van der Waals surface area (Å²) < 4.78 is 0. The Morgan fingerprint density at radius 3 is 2.67 bits per heavy atom. The number of rotatable bonds is 4. The van der Waals surface area contributed by atoms with E-state index in [1.165, 1.54) is 23.5 Å². The molecule has 6 nitrogen and oxygen atoms in total. The molecule has 1 heterocycles. The standard InChI is InChI=1S/C14H12N2O4S/c1-9(12-7-4-8-21-12)16-20-14(19)15-11-6-3-2-5-10(11)13(17)18/h2-8H,1H3,(H,15,19)(H,17,18). The highest BCUT2D eigenvalue weighted by molar-refractivity contribution is 7.12. The normalized spacial score (nSPS) is 11.0. The van der Waals surface area contributed by atoms with E-state index in [-0.39, 0.29) is 11.3 Å². The van der Waals surface area contributed by atoms with Crippen LogP contribution >= 0.6 is 11.3 Å². The second kappa shape index (κ2) is 6.67. The third-order valence-corrected chi connectivity index (χ3v) is 3.52. The predicted octanol–water partition coefficient (Wildman–Crippen LogP) is 3.42. The van der Waals surface area contributed by atoms with Gasteiger partial charge in [0.2, 0.25) is 0 Å². The maximum atomic E-state index is 11.6. The van der Waals surface area contributed by atoms with Gasteiger partial charge in [0.25, 0.3) is 0 Å². The molecule has 108 valence electrons. The second-order valence-electron chi connectivity index (χ2n) is 4.01. The van der Waals surface area contributed by atoms with E-state index in [9.17, 15) is 9.59 Å². The van der Waals surface area contributed by atoms with Crippen molar-refractivity contribution in [2.45, 2.75) is 6.92 Å². The third-order valence-electron chi connectivity index (χ3n) is 2.54. The highest BCUT2D eigenvalue weighted by Gasteiger charge is 2.12. The second-order valence-corrected chi connectivity index (χ2v) is 4.96. The van der Waals surface area contributed by atoms with E-state index in [0.717, 1.165) is 4.88 Å². The molecule has 0 atom stereocenters.